The lowest BCUT2D eigenvalue weighted by Gasteiger charge is -2.00. The zero-order valence-electron chi connectivity index (χ0n) is 11.0. The first kappa shape index (κ1) is 14.7. The molecule has 2 nitrogen and oxygen atoms in total. The molecule has 0 saturated heterocycles. The summed E-state index contributed by atoms with van der Waals surface area (Å²) in [7, 11) is 0. The Hall–Kier alpha value is -2.35. The van der Waals surface area contributed by atoms with Crippen molar-refractivity contribution in [1.29, 1.82) is 0 Å². The number of carboxylic acids is 1. The number of hydrogen-bond donors (Lipinski definition) is 1. The van der Waals surface area contributed by atoms with Gasteiger partial charge in [-0.15, -0.1) is 0 Å². The van der Waals surface area contributed by atoms with Gasteiger partial charge in [0, 0.05) is 5.57 Å². The fraction of sp³-hybridized carbons (Fsp3) is 0.118. The predicted octanol–water partition coefficient (Wildman–Crippen LogP) is 4.23. The van der Waals surface area contributed by atoms with Crippen LogP contribution < -0.4 is 0 Å². The molecule has 0 aliphatic rings. The molecule has 1 aromatic carbocycles. The molecule has 0 fully saturated rings. The van der Waals surface area contributed by atoms with Crippen molar-refractivity contribution < 1.29 is 9.90 Å². The molecule has 0 unspecified atom stereocenters. The Bertz CT molecular complexity index is 519. The number of rotatable bonds is 6. The van der Waals surface area contributed by atoms with Crippen LogP contribution >= 0.6 is 0 Å². The Labute approximate surface area is 114 Å². The van der Waals surface area contributed by atoms with E-state index in [0.29, 0.717) is 12.0 Å². The Morgan fingerprint density at radius 1 is 1.32 bits per heavy atom. The second-order valence-corrected chi connectivity index (χ2v) is 3.98. The van der Waals surface area contributed by atoms with Crippen LogP contribution in [-0.4, -0.2) is 11.1 Å². The third-order valence-electron chi connectivity index (χ3n) is 2.55. The van der Waals surface area contributed by atoms with E-state index in [-0.39, 0.29) is 0 Å². The summed E-state index contributed by atoms with van der Waals surface area (Å²) in [6.45, 7) is 5.45. The van der Waals surface area contributed by atoms with Gasteiger partial charge in [-0.1, -0.05) is 62.1 Å². The molecule has 1 aromatic rings. The molecule has 0 saturated carbocycles. The summed E-state index contributed by atoms with van der Waals surface area (Å²) in [4.78, 5) is 11.1. The molecule has 98 valence electrons. The molecule has 0 spiro atoms. The van der Waals surface area contributed by atoms with E-state index in [0.717, 1.165) is 11.1 Å². The minimum atomic E-state index is -0.881. The van der Waals surface area contributed by atoms with Gasteiger partial charge in [0.05, 0.1) is 0 Å². The minimum Gasteiger partial charge on any atom is -0.478 e. The van der Waals surface area contributed by atoms with E-state index in [4.69, 9.17) is 5.11 Å². The van der Waals surface area contributed by atoms with Crippen LogP contribution in [0.1, 0.15) is 18.9 Å². The van der Waals surface area contributed by atoms with Crippen molar-refractivity contribution >= 4 is 12.0 Å². The second kappa shape index (κ2) is 7.88. The number of carbonyl (C=O) groups is 1. The highest BCUT2D eigenvalue weighted by atomic mass is 16.4. The van der Waals surface area contributed by atoms with E-state index >= 15 is 0 Å². The smallest absolute Gasteiger partial charge is 0.331 e. The lowest BCUT2D eigenvalue weighted by molar-refractivity contribution is -0.132. The number of aliphatic carboxylic acids is 1. The van der Waals surface area contributed by atoms with Crippen LogP contribution in [0.5, 0.6) is 0 Å². The van der Waals surface area contributed by atoms with Crippen LogP contribution in [0.15, 0.2) is 72.4 Å². The van der Waals surface area contributed by atoms with Crippen molar-refractivity contribution in [2.75, 3.05) is 0 Å². The molecule has 0 heterocycles. The predicted molar refractivity (Wildman–Crippen MR) is 79.8 cm³/mol. The van der Waals surface area contributed by atoms with E-state index in [9.17, 15) is 4.79 Å². The second-order valence-electron chi connectivity index (χ2n) is 3.98. The Morgan fingerprint density at radius 3 is 2.53 bits per heavy atom. The van der Waals surface area contributed by atoms with Crippen LogP contribution in [0.2, 0.25) is 0 Å². The summed E-state index contributed by atoms with van der Waals surface area (Å²) < 4.78 is 0. The summed E-state index contributed by atoms with van der Waals surface area (Å²) in [5.41, 5.74) is 2.25. The zero-order valence-corrected chi connectivity index (χ0v) is 11.0. The molecule has 0 bridgehead atoms. The van der Waals surface area contributed by atoms with Crippen LogP contribution in [0, 0.1) is 0 Å². The van der Waals surface area contributed by atoms with Gasteiger partial charge >= 0.3 is 5.97 Å². The summed E-state index contributed by atoms with van der Waals surface area (Å²) in [6.07, 6.45) is 9.43. The topological polar surface area (TPSA) is 37.3 Å². The van der Waals surface area contributed by atoms with Gasteiger partial charge in [-0.05, 0) is 29.7 Å². The summed E-state index contributed by atoms with van der Waals surface area (Å²) in [5.74, 6) is -0.881. The van der Waals surface area contributed by atoms with Crippen LogP contribution in [0.25, 0.3) is 6.08 Å². The standard InChI is InChI=1S/C17H18O2/c1-3-5-9-15(13-16(4-2)17(18)19)12-14-10-7-6-8-11-14/h3,5-13H,1,4H2,2H3,(H,18,19). The number of benzene rings is 1. The third-order valence-corrected chi connectivity index (χ3v) is 2.55. The number of hydrogen-bond acceptors (Lipinski definition) is 1. The highest BCUT2D eigenvalue weighted by Gasteiger charge is 2.04. The maximum absolute atomic E-state index is 11.1. The van der Waals surface area contributed by atoms with E-state index in [1.54, 1.807) is 18.2 Å². The summed E-state index contributed by atoms with van der Waals surface area (Å²) in [6, 6.07) is 9.79. The number of carboxylic acid groups (broad SMARTS) is 1. The molecular weight excluding hydrogens is 236 g/mol. The molecule has 1 N–H and O–H groups in total. The molecule has 19 heavy (non-hydrogen) atoms. The van der Waals surface area contributed by atoms with Gasteiger partial charge in [0.2, 0.25) is 0 Å². The van der Waals surface area contributed by atoms with Gasteiger partial charge in [-0.25, -0.2) is 4.79 Å². The fourth-order valence-electron chi connectivity index (χ4n) is 1.57. The van der Waals surface area contributed by atoms with Gasteiger partial charge in [0.1, 0.15) is 0 Å². The van der Waals surface area contributed by atoms with Crippen molar-refractivity contribution in [2.24, 2.45) is 0 Å². The average molecular weight is 254 g/mol. The lowest BCUT2D eigenvalue weighted by Crippen LogP contribution is -1.99. The first-order valence-corrected chi connectivity index (χ1v) is 6.17. The minimum absolute atomic E-state index is 0.385. The van der Waals surface area contributed by atoms with E-state index in [1.807, 2.05) is 49.4 Å². The Kier molecular flexibility index (Phi) is 6.10. The van der Waals surface area contributed by atoms with Crippen molar-refractivity contribution in [1.82, 2.24) is 0 Å². The van der Waals surface area contributed by atoms with Crippen LogP contribution in [-0.2, 0) is 4.79 Å². The van der Waals surface area contributed by atoms with Crippen molar-refractivity contribution in [2.45, 2.75) is 13.3 Å². The third kappa shape index (κ3) is 5.21. The van der Waals surface area contributed by atoms with Gasteiger partial charge in [-0.3, -0.25) is 0 Å². The first-order valence-electron chi connectivity index (χ1n) is 6.17. The first-order chi connectivity index (χ1) is 9.17. The Morgan fingerprint density at radius 2 is 2.00 bits per heavy atom. The Balaban J connectivity index is 3.15. The molecule has 0 amide bonds. The molecule has 2 heteroatoms. The number of allylic oxidation sites excluding steroid dienone is 5. The highest BCUT2D eigenvalue weighted by Crippen LogP contribution is 2.13. The fourth-order valence-corrected chi connectivity index (χ4v) is 1.57. The molecule has 0 aliphatic carbocycles. The molecule has 0 aliphatic heterocycles. The summed E-state index contributed by atoms with van der Waals surface area (Å²) >= 11 is 0. The van der Waals surface area contributed by atoms with Gasteiger partial charge in [0.15, 0.2) is 0 Å². The van der Waals surface area contributed by atoms with Crippen molar-refractivity contribution in [3.8, 4) is 0 Å². The largest absolute Gasteiger partial charge is 0.478 e. The normalized spacial score (nSPS) is 12.7. The average Bonchev–Trinajstić information content (AvgIpc) is 2.42. The molecular formula is C17H18O2. The summed E-state index contributed by atoms with van der Waals surface area (Å²) in [5, 5.41) is 9.07. The highest BCUT2D eigenvalue weighted by molar-refractivity contribution is 5.87. The van der Waals surface area contributed by atoms with Crippen molar-refractivity contribution in [3.05, 3.63) is 77.9 Å². The van der Waals surface area contributed by atoms with Gasteiger partial charge in [-0.2, -0.15) is 0 Å². The van der Waals surface area contributed by atoms with Gasteiger partial charge in [0.25, 0.3) is 0 Å². The SMILES string of the molecule is C=CC=CC(=Cc1ccccc1)C=C(CC)C(=O)O. The molecule has 0 aromatic heterocycles. The van der Waals surface area contributed by atoms with Crippen LogP contribution in [0.4, 0.5) is 0 Å². The zero-order chi connectivity index (χ0) is 14.1. The van der Waals surface area contributed by atoms with Crippen LogP contribution in [0.3, 0.4) is 0 Å². The molecule has 1 rings (SSSR count). The van der Waals surface area contributed by atoms with E-state index < -0.39 is 5.97 Å². The lowest BCUT2D eigenvalue weighted by atomic mass is 10.1. The van der Waals surface area contributed by atoms with E-state index in [1.165, 1.54) is 0 Å². The van der Waals surface area contributed by atoms with Crippen molar-refractivity contribution in [3.63, 3.8) is 0 Å². The van der Waals surface area contributed by atoms with Gasteiger partial charge < -0.3 is 5.11 Å². The maximum Gasteiger partial charge on any atom is 0.331 e. The molecule has 0 atom stereocenters. The maximum atomic E-state index is 11.1. The molecule has 0 radical (unpaired) electrons. The monoisotopic (exact) mass is 254 g/mol. The van der Waals surface area contributed by atoms with E-state index in [2.05, 4.69) is 6.58 Å². The quantitative estimate of drug-likeness (QED) is 0.609.